The molecule has 0 radical (unpaired) electrons. The summed E-state index contributed by atoms with van der Waals surface area (Å²) in [5, 5.41) is 12.5. The Balaban J connectivity index is 1.60. The number of aromatic nitrogens is 3. The van der Waals surface area contributed by atoms with Crippen LogP contribution >= 0.6 is 11.8 Å². The Labute approximate surface area is 185 Å². The summed E-state index contributed by atoms with van der Waals surface area (Å²) in [4.78, 5) is 12.6. The standard InChI is InChI=1S/C24H24N4O2S/c1-16-9-7-8-12-21(16)25-22(29)15-31-24-27-26-23(20-13-14-30-18(20)3)28(24)17(2)19-10-5-4-6-11-19/h4-14,17H,15H2,1-3H3,(H,25,29)/t17-/m0/s1. The molecule has 158 valence electrons. The fraction of sp³-hybridized carbons (Fsp3) is 0.208. The van der Waals surface area contributed by atoms with Gasteiger partial charge in [-0.1, -0.05) is 60.3 Å². The molecule has 2 aromatic heterocycles. The van der Waals surface area contributed by atoms with Crippen molar-refractivity contribution in [3.05, 3.63) is 83.8 Å². The van der Waals surface area contributed by atoms with Crippen molar-refractivity contribution in [1.82, 2.24) is 14.8 Å². The van der Waals surface area contributed by atoms with Crippen LogP contribution in [0.3, 0.4) is 0 Å². The number of carbonyl (C=O) groups is 1. The first kappa shape index (κ1) is 20.9. The number of anilines is 1. The number of thioether (sulfide) groups is 1. The summed E-state index contributed by atoms with van der Waals surface area (Å²) >= 11 is 1.37. The molecule has 0 aliphatic heterocycles. The van der Waals surface area contributed by atoms with Crippen LogP contribution in [0.1, 0.15) is 29.9 Å². The lowest BCUT2D eigenvalue weighted by atomic mass is 10.1. The Morgan fingerprint density at radius 1 is 1.06 bits per heavy atom. The van der Waals surface area contributed by atoms with Crippen molar-refractivity contribution in [1.29, 1.82) is 0 Å². The Bertz CT molecular complexity index is 1180. The summed E-state index contributed by atoms with van der Waals surface area (Å²) in [5.41, 5.74) is 3.88. The second-order valence-corrected chi connectivity index (χ2v) is 8.25. The van der Waals surface area contributed by atoms with Crippen LogP contribution in [0.15, 0.2) is 76.5 Å². The van der Waals surface area contributed by atoms with Gasteiger partial charge in [0.25, 0.3) is 0 Å². The van der Waals surface area contributed by atoms with Crippen molar-refractivity contribution in [2.75, 3.05) is 11.1 Å². The van der Waals surface area contributed by atoms with Crippen LogP contribution < -0.4 is 5.32 Å². The van der Waals surface area contributed by atoms with Crippen molar-refractivity contribution < 1.29 is 9.21 Å². The molecule has 6 nitrogen and oxygen atoms in total. The topological polar surface area (TPSA) is 73.0 Å². The van der Waals surface area contributed by atoms with Gasteiger partial charge in [-0.2, -0.15) is 0 Å². The molecule has 0 bridgehead atoms. The number of hydrogen-bond acceptors (Lipinski definition) is 5. The number of para-hydroxylation sites is 1. The van der Waals surface area contributed by atoms with E-state index in [1.54, 1.807) is 6.26 Å². The quantitative estimate of drug-likeness (QED) is 0.391. The number of benzene rings is 2. The molecule has 0 aliphatic rings. The minimum absolute atomic E-state index is 0.0116. The minimum Gasteiger partial charge on any atom is -0.469 e. The summed E-state index contributed by atoms with van der Waals surface area (Å²) in [6.07, 6.45) is 1.65. The van der Waals surface area contributed by atoms with E-state index in [4.69, 9.17) is 4.42 Å². The van der Waals surface area contributed by atoms with Crippen LogP contribution in [0.4, 0.5) is 5.69 Å². The monoisotopic (exact) mass is 432 g/mol. The van der Waals surface area contributed by atoms with E-state index in [0.717, 1.165) is 34.0 Å². The maximum Gasteiger partial charge on any atom is 0.234 e. The number of carbonyl (C=O) groups excluding carboxylic acids is 1. The Morgan fingerprint density at radius 3 is 2.52 bits per heavy atom. The zero-order valence-electron chi connectivity index (χ0n) is 17.7. The number of rotatable bonds is 7. The second kappa shape index (κ2) is 9.22. The third-order valence-corrected chi connectivity index (χ3v) is 6.13. The molecular formula is C24H24N4O2S. The van der Waals surface area contributed by atoms with Crippen LogP contribution in [-0.2, 0) is 4.79 Å². The Kier molecular flexibility index (Phi) is 6.23. The zero-order valence-corrected chi connectivity index (χ0v) is 18.5. The average Bonchev–Trinajstić information content (AvgIpc) is 3.39. The van der Waals surface area contributed by atoms with Crippen molar-refractivity contribution >= 4 is 23.4 Å². The van der Waals surface area contributed by atoms with Gasteiger partial charge in [-0.3, -0.25) is 9.36 Å². The normalized spacial score (nSPS) is 12.0. The van der Waals surface area contributed by atoms with Crippen LogP contribution in [0.5, 0.6) is 0 Å². The van der Waals surface area contributed by atoms with Gasteiger partial charge in [-0.05, 0) is 44.0 Å². The van der Waals surface area contributed by atoms with Gasteiger partial charge in [0.2, 0.25) is 5.91 Å². The molecule has 1 N–H and O–H groups in total. The van der Waals surface area contributed by atoms with E-state index in [9.17, 15) is 4.79 Å². The smallest absolute Gasteiger partial charge is 0.234 e. The molecule has 31 heavy (non-hydrogen) atoms. The molecule has 0 unspecified atom stereocenters. The predicted octanol–water partition coefficient (Wildman–Crippen LogP) is 5.50. The van der Waals surface area contributed by atoms with Gasteiger partial charge < -0.3 is 9.73 Å². The summed E-state index contributed by atoms with van der Waals surface area (Å²) in [6, 6.07) is 19.8. The molecule has 4 aromatic rings. The highest BCUT2D eigenvalue weighted by Gasteiger charge is 2.23. The van der Waals surface area contributed by atoms with Gasteiger partial charge in [0.1, 0.15) is 5.76 Å². The van der Waals surface area contributed by atoms with Gasteiger partial charge in [-0.25, -0.2) is 0 Å². The van der Waals surface area contributed by atoms with Gasteiger partial charge in [0.15, 0.2) is 11.0 Å². The largest absolute Gasteiger partial charge is 0.469 e. The fourth-order valence-electron chi connectivity index (χ4n) is 3.44. The summed E-state index contributed by atoms with van der Waals surface area (Å²) in [6.45, 7) is 5.99. The van der Waals surface area contributed by atoms with Crippen LogP contribution in [0.25, 0.3) is 11.4 Å². The number of nitrogens with one attached hydrogen (secondary N) is 1. The number of amides is 1. The molecule has 2 aromatic carbocycles. The molecule has 0 saturated heterocycles. The van der Waals surface area contributed by atoms with E-state index >= 15 is 0 Å². The number of aryl methyl sites for hydroxylation is 2. The van der Waals surface area contributed by atoms with E-state index in [-0.39, 0.29) is 17.7 Å². The van der Waals surface area contributed by atoms with E-state index in [0.29, 0.717) is 5.16 Å². The molecule has 1 atom stereocenters. The van der Waals surface area contributed by atoms with Gasteiger partial charge in [0, 0.05) is 5.69 Å². The molecule has 0 aliphatic carbocycles. The van der Waals surface area contributed by atoms with Crippen molar-refractivity contribution in [2.45, 2.75) is 32.0 Å². The lowest BCUT2D eigenvalue weighted by Crippen LogP contribution is -2.16. The summed E-state index contributed by atoms with van der Waals surface area (Å²) in [7, 11) is 0. The lowest BCUT2D eigenvalue weighted by Gasteiger charge is -2.18. The third-order valence-electron chi connectivity index (χ3n) is 5.19. The van der Waals surface area contributed by atoms with Gasteiger partial charge in [-0.15, -0.1) is 10.2 Å². The van der Waals surface area contributed by atoms with Crippen molar-refractivity contribution in [3.8, 4) is 11.4 Å². The highest BCUT2D eigenvalue weighted by molar-refractivity contribution is 7.99. The summed E-state index contributed by atoms with van der Waals surface area (Å²) < 4.78 is 7.56. The fourth-order valence-corrected chi connectivity index (χ4v) is 4.25. The highest BCUT2D eigenvalue weighted by Crippen LogP contribution is 2.32. The van der Waals surface area contributed by atoms with Crippen molar-refractivity contribution in [2.24, 2.45) is 0 Å². The average molecular weight is 433 g/mol. The van der Waals surface area contributed by atoms with E-state index in [2.05, 4.69) is 39.1 Å². The van der Waals surface area contributed by atoms with E-state index in [1.807, 2.05) is 62.4 Å². The third kappa shape index (κ3) is 4.56. The van der Waals surface area contributed by atoms with Crippen LogP contribution in [-0.4, -0.2) is 26.4 Å². The molecule has 4 rings (SSSR count). The Hall–Kier alpha value is -3.32. The molecule has 0 saturated carbocycles. The molecule has 7 heteroatoms. The van der Waals surface area contributed by atoms with Crippen LogP contribution in [0, 0.1) is 13.8 Å². The van der Waals surface area contributed by atoms with E-state index < -0.39 is 0 Å². The second-order valence-electron chi connectivity index (χ2n) is 7.31. The maximum atomic E-state index is 12.6. The lowest BCUT2D eigenvalue weighted by molar-refractivity contribution is -0.113. The Morgan fingerprint density at radius 2 is 1.81 bits per heavy atom. The number of furan rings is 1. The molecule has 0 spiro atoms. The number of nitrogens with zero attached hydrogens (tertiary/aromatic N) is 3. The molecule has 2 heterocycles. The molecular weight excluding hydrogens is 408 g/mol. The first-order chi connectivity index (χ1) is 15.0. The first-order valence-corrected chi connectivity index (χ1v) is 11.1. The molecule has 0 fully saturated rings. The van der Waals surface area contributed by atoms with E-state index in [1.165, 1.54) is 11.8 Å². The molecule has 1 amide bonds. The minimum atomic E-state index is -0.0812. The van der Waals surface area contributed by atoms with Crippen LogP contribution in [0.2, 0.25) is 0 Å². The maximum absolute atomic E-state index is 12.6. The zero-order chi connectivity index (χ0) is 21.8. The van der Waals surface area contributed by atoms with Gasteiger partial charge in [0.05, 0.1) is 23.6 Å². The SMILES string of the molecule is Cc1ccccc1NC(=O)CSc1nnc(-c2ccoc2C)n1[C@@H](C)c1ccccc1. The first-order valence-electron chi connectivity index (χ1n) is 10.1. The highest BCUT2D eigenvalue weighted by atomic mass is 32.2. The predicted molar refractivity (Wildman–Crippen MR) is 123 cm³/mol. The van der Waals surface area contributed by atoms with Gasteiger partial charge >= 0.3 is 0 Å². The number of hydrogen-bond donors (Lipinski definition) is 1. The summed E-state index contributed by atoms with van der Waals surface area (Å²) in [5.74, 6) is 1.66. The van der Waals surface area contributed by atoms with Crippen molar-refractivity contribution in [3.63, 3.8) is 0 Å².